The second kappa shape index (κ2) is 8.88. The summed E-state index contributed by atoms with van der Waals surface area (Å²) in [5, 5.41) is 2.64. The Morgan fingerprint density at radius 2 is 1.89 bits per heavy atom. The molecule has 0 spiro atoms. The lowest BCUT2D eigenvalue weighted by Crippen LogP contribution is -2.29. The monoisotopic (exact) mass is 304 g/mol. The van der Waals surface area contributed by atoms with Crippen LogP contribution in [0.25, 0.3) is 0 Å². The average Bonchev–Trinajstić information content (AvgIpc) is 2.39. The van der Waals surface area contributed by atoms with Crippen molar-refractivity contribution in [2.24, 2.45) is 0 Å². The normalized spacial score (nSPS) is 10.5. The maximum Gasteiger partial charge on any atom is 0.253 e. The third-order valence-corrected chi connectivity index (χ3v) is 2.86. The van der Waals surface area contributed by atoms with Crippen LogP contribution >= 0.6 is 23.2 Å². The van der Waals surface area contributed by atoms with E-state index >= 15 is 0 Å². The third-order valence-electron chi connectivity index (χ3n) is 2.47. The highest BCUT2D eigenvalue weighted by Crippen LogP contribution is 2.13. The van der Waals surface area contributed by atoms with Gasteiger partial charge in [-0.15, -0.1) is 0 Å². The van der Waals surface area contributed by atoms with Crippen molar-refractivity contribution in [1.29, 1.82) is 0 Å². The third kappa shape index (κ3) is 7.13. The Morgan fingerprint density at radius 1 is 1.21 bits per heavy atom. The molecule has 0 heterocycles. The number of ether oxygens (including phenoxy) is 1. The minimum atomic E-state index is -0.992. The molecule has 6 heteroatoms. The van der Waals surface area contributed by atoms with Gasteiger partial charge in [-0.3, -0.25) is 4.79 Å². The van der Waals surface area contributed by atoms with Gasteiger partial charge in [-0.25, -0.2) is 0 Å². The molecule has 1 amide bonds. The quantitative estimate of drug-likeness (QED) is 0.441. The zero-order valence-electron chi connectivity index (χ0n) is 10.6. The highest BCUT2D eigenvalue weighted by molar-refractivity contribution is 6.53. The van der Waals surface area contributed by atoms with Gasteiger partial charge in [0, 0.05) is 12.2 Å². The number of hydrogen-bond acceptors (Lipinski definition) is 3. The lowest BCUT2D eigenvalue weighted by atomic mass is 10.2. The van der Waals surface area contributed by atoms with Crippen LogP contribution in [-0.2, 0) is 4.79 Å². The van der Waals surface area contributed by atoms with E-state index in [1.807, 2.05) is 12.1 Å². The predicted molar refractivity (Wildman–Crippen MR) is 78.7 cm³/mol. The van der Waals surface area contributed by atoms with Crippen molar-refractivity contribution in [1.82, 2.24) is 5.32 Å². The number of unbranched alkanes of at least 4 members (excludes halogenated alkanes) is 2. The van der Waals surface area contributed by atoms with Gasteiger partial charge in [-0.05, 0) is 43.5 Å². The summed E-state index contributed by atoms with van der Waals surface area (Å²) in [6.45, 7) is 1.22. The number of nitrogens with one attached hydrogen (secondary N) is 1. The summed E-state index contributed by atoms with van der Waals surface area (Å²) in [6.07, 6.45) is 2.76. The Balaban J connectivity index is 2.00. The minimum Gasteiger partial charge on any atom is -0.494 e. The number of anilines is 1. The number of benzene rings is 1. The van der Waals surface area contributed by atoms with Gasteiger partial charge in [0.05, 0.1) is 6.61 Å². The molecule has 19 heavy (non-hydrogen) atoms. The van der Waals surface area contributed by atoms with Crippen molar-refractivity contribution in [3.8, 4) is 5.75 Å². The molecule has 0 aliphatic carbocycles. The van der Waals surface area contributed by atoms with Gasteiger partial charge < -0.3 is 15.8 Å². The van der Waals surface area contributed by atoms with E-state index in [9.17, 15) is 4.79 Å². The van der Waals surface area contributed by atoms with Crippen molar-refractivity contribution >= 4 is 34.8 Å². The van der Waals surface area contributed by atoms with Gasteiger partial charge in [-0.2, -0.15) is 0 Å². The summed E-state index contributed by atoms with van der Waals surface area (Å²) >= 11 is 10.8. The summed E-state index contributed by atoms with van der Waals surface area (Å²) in [5.74, 6) is 0.469. The van der Waals surface area contributed by atoms with Crippen LogP contribution in [0.2, 0.25) is 0 Å². The molecule has 0 aliphatic rings. The van der Waals surface area contributed by atoms with Gasteiger partial charge >= 0.3 is 0 Å². The fourth-order valence-corrected chi connectivity index (χ4v) is 1.60. The highest BCUT2D eigenvalue weighted by atomic mass is 35.5. The maximum atomic E-state index is 11.0. The molecule has 0 atom stereocenters. The fourth-order valence-electron chi connectivity index (χ4n) is 1.45. The molecule has 3 N–H and O–H groups in total. The summed E-state index contributed by atoms with van der Waals surface area (Å²) in [6, 6.07) is 7.30. The smallest absolute Gasteiger partial charge is 0.253 e. The molecule has 106 valence electrons. The summed E-state index contributed by atoms with van der Waals surface area (Å²) in [4.78, 5) is 10.0. The Hall–Kier alpha value is -1.13. The number of amides is 1. The Kier molecular flexibility index (Phi) is 7.45. The molecule has 0 saturated carbocycles. The van der Waals surface area contributed by atoms with Gasteiger partial charge in [0.15, 0.2) is 4.84 Å². The van der Waals surface area contributed by atoms with E-state index in [-0.39, 0.29) is 5.91 Å². The Bertz CT molecular complexity index is 383. The number of nitrogens with two attached hydrogens (primary N) is 1. The number of nitrogen functional groups attached to an aromatic ring is 1. The van der Waals surface area contributed by atoms with E-state index < -0.39 is 4.84 Å². The first-order chi connectivity index (χ1) is 9.09. The molecule has 1 aromatic carbocycles. The number of carbonyl (C=O) groups excluding carboxylic acids is 1. The SMILES string of the molecule is Nc1ccc(OCCCCCNC(=O)C(Cl)Cl)cc1. The molecule has 4 nitrogen and oxygen atoms in total. The van der Waals surface area contributed by atoms with E-state index in [0.29, 0.717) is 13.2 Å². The molecule has 0 unspecified atom stereocenters. The van der Waals surface area contributed by atoms with E-state index in [1.165, 1.54) is 0 Å². The van der Waals surface area contributed by atoms with Gasteiger partial charge in [0.25, 0.3) is 5.91 Å². The van der Waals surface area contributed by atoms with Crippen molar-refractivity contribution in [2.75, 3.05) is 18.9 Å². The molecule has 0 bridgehead atoms. The van der Waals surface area contributed by atoms with Crippen LogP contribution in [0, 0.1) is 0 Å². The van der Waals surface area contributed by atoms with Crippen molar-refractivity contribution in [3.05, 3.63) is 24.3 Å². The first-order valence-corrected chi connectivity index (χ1v) is 7.01. The minimum absolute atomic E-state index is 0.346. The number of alkyl halides is 2. The number of hydrogen-bond donors (Lipinski definition) is 2. The Morgan fingerprint density at radius 3 is 2.53 bits per heavy atom. The van der Waals surface area contributed by atoms with Crippen LogP contribution in [0.3, 0.4) is 0 Å². The van der Waals surface area contributed by atoms with Crippen molar-refractivity contribution in [3.63, 3.8) is 0 Å². The molecule has 1 aromatic rings. The van der Waals surface area contributed by atoms with Gasteiger partial charge in [0.1, 0.15) is 5.75 Å². The van der Waals surface area contributed by atoms with Crippen LogP contribution < -0.4 is 15.8 Å². The second-order valence-corrected chi connectivity index (χ2v) is 5.17. The molecule has 0 radical (unpaired) electrons. The maximum absolute atomic E-state index is 11.0. The van der Waals surface area contributed by atoms with Crippen LogP contribution in [0.5, 0.6) is 5.75 Å². The lowest BCUT2D eigenvalue weighted by Gasteiger charge is -2.07. The first-order valence-electron chi connectivity index (χ1n) is 6.14. The predicted octanol–water partition coefficient (Wildman–Crippen LogP) is 2.74. The number of carbonyl (C=O) groups is 1. The molecule has 0 aliphatic heterocycles. The van der Waals surface area contributed by atoms with E-state index in [2.05, 4.69) is 5.32 Å². The van der Waals surface area contributed by atoms with Crippen molar-refractivity contribution in [2.45, 2.75) is 24.1 Å². The lowest BCUT2D eigenvalue weighted by molar-refractivity contribution is -0.119. The summed E-state index contributed by atoms with van der Waals surface area (Å²) in [5.41, 5.74) is 6.30. The highest BCUT2D eigenvalue weighted by Gasteiger charge is 2.09. The van der Waals surface area contributed by atoms with E-state index in [1.54, 1.807) is 12.1 Å². The first kappa shape index (κ1) is 15.9. The zero-order valence-corrected chi connectivity index (χ0v) is 12.1. The standard InChI is InChI=1S/C13H18Cl2N2O2/c14-12(15)13(18)17-8-2-1-3-9-19-11-6-4-10(16)5-7-11/h4-7,12H,1-3,8-9,16H2,(H,17,18). The zero-order chi connectivity index (χ0) is 14.1. The topological polar surface area (TPSA) is 64.3 Å². The number of halogens is 2. The average molecular weight is 305 g/mol. The van der Waals surface area contributed by atoms with Crippen LogP contribution in [0.4, 0.5) is 5.69 Å². The van der Waals surface area contributed by atoms with Gasteiger partial charge in [0.2, 0.25) is 0 Å². The van der Waals surface area contributed by atoms with Gasteiger partial charge in [-0.1, -0.05) is 23.2 Å². The van der Waals surface area contributed by atoms with Crippen LogP contribution in [-0.4, -0.2) is 23.9 Å². The summed E-state index contributed by atoms with van der Waals surface area (Å²) < 4.78 is 5.54. The Labute approximate surface area is 123 Å². The van der Waals surface area contributed by atoms with Crippen LogP contribution in [0.1, 0.15) is 19.3 Å². The van der Waals surface area contributed by atoms with E-state index in [4.69, 9.17) is 33.7 Å². The molecule has 1 rings (SSSR count). The largest absolute Gasteiger partial charge is 0.494 e. The molecular formula is C13H18Cl2N2O2. The molecule has 0 aromatic heterocycles. The fraction of sp³-hybridized carbons (Fsp3) is 0.462. The molecule has 0 saturated heterocycles. The molecule has 0 fully saturated rings. The summed E-state index contributed by atoms with van der Waals surface area (Å²) in [7, 11) is 0. The number of rotatable bonds is 8. The van der Waals surface area contributed by atoms with E-state index in [0.717, 1.165) is 30.7 Å². The molecular weight excluding hydrogens is 287 g/mol. The van der Waals surface area contributed by atoms with Crippen molar-refractivity contribution < 1.29 is 9.53 Å². The van der Waals surface area contributed by atoms with Crippen LogP contribution in [0.15, 0.2) is 24.3 Å². The second-order valence-electron chi connectivity index (χ2n) is 4.07.